The van der Waals surface area contributed by atoms with Gasteiger partial charge in [0.15, 0.2) is 0 Å². The van der Waals surface area contributed by atoms with E-state index >= 15 is 0 Å². The van der Waals surface area contributed by atoms with E-state index in [1.165, 1.54) is 16.8 Å². The Morgan fingerprint density at radius 3 is 2.53 bits per heavy atom. The van der Waals surface area contributed by atoms with Crippen molar-refractivity contribution in [3.63, 3.8) is 0 Å². The van der Waals surface area contributed by atoms with Gasteiger partial charge in [0.25, 0.3) is 11.6 Å². The number of benzene rings is 2. The van der Waals surface area contributed by atoms with Gasteiger partial charge in [-0.3, -0.25) is 19.9 Å². The third-order valence-electron chi connectivity index (χ3n) is 5.91. The zero-order valence-corrected chi connectivity index (χ0v) is 20.0. The highest BCUT2D eigenvalue weighted by Crippen LogP contribution is 2.26. The zero-order chi connectivity index (χ0) is 25.7. The summed E-state index contributed by atoms with van der Waals surface area (Å²) in [5.41, 5.74) is 5.27. The summed E-state index contributed by atoms with van der Waals surface area (Å²) < 4.78 is 1.50. The standard InChI is InChI=1S/C27H24N6O3/c1-19-6-7-22(15-20(19)2)25-16-26(32(30-25)23-8-10-24(11-9-23)33(35)36)27(34)31(14-4-12-28)18-21-5-3-13-29-17-21/h3,5-11,13,15-17H,4,14,18H2,1-2H3. The number of pyridine rings is 1. The van der Waals surface area contributed by atoms with Gasteiger partial charge in [0, 0.05) is 43.2 Å². The average Bonchev–Trinajstić information content (AvgIpc) is 3.34. The summed E-state index contributed by atoms with van der Waals surface area (Å²) in [6.45, 7) is 4.54. The van der Waals surface area contributed by atoms with Gasteiger partial charge in [-0.15, -0.1) is 0 Å². The Morgan fingerprint density at radius 1 is 1.11 bits per heavy atom. The van der Waals surface area contributed by atoms with E-state index in [1.54, 1.807) is 41.6 Å². The van der Waals surface area contributed by atoms with Crippen molar-refractivity contribution < 1.29 is 9.72 Å². The van der Waals surface area contributed by atoms with Gasteiger partial charge in [-0.2, -0.15) is 10.4 Å². The summed E-state index contributed by atoms with van der Waals surface area (Å²) in [4.78, 5) is 30.2. The van der Waals surface area contributed by atoms with Crippen LogP contribution < -0.4 is 0 Å². The van der Waals surface area contributed by atoms with Gasteiger partial charge in [0.1, 0.15) is 5.69 Å². The minimum absolute atomic E-state index is 0.0552. The fourth-order valence-corrected chi connectivity index (χ4v) is 3.80. The van der Waals surface area contributed by atoms with Crippen LogP contribution in [0.1, 0.15) is 33.6 Å². The van der Waals surface area contributed by atoms with E-state index in [4.69, 9.17) is 10.4 Å². The van der Waals surface area contributed by atoms with Crippen molar-refractivity contribution in [3.05, 3.63) is 106 Å². The Labute approximate surface area is 208 Å². The molecular formula is C27H24N6O3. The molecule has 9 nitrogen and oxygen atoms in total. The van der Waals surface area contributed by atoms with Gasteiger partial charge in [0.2, 0.25) is 0 Å². The molecule has 9 heteroatoms. The second-order valence-electron chi connectivity index (χ2n) is 8.40. The Kier molecular flexibility index (Phi) is 7.16. The number of nitrogens with zero attached hydrogens (tertiary/aromatic N) is 6. The van der Waals surface area contributed by atoms with Crippen LogP contribution in [0, 0.1) is 35.3 Å². The summed E-state index contributed by atoms with van der Waals surface area (Å²) in [6, 6.07) is 19.3. The van der Waals surface area contributed by atoms with Crippen LogP contribution in [0.5, 0.6) is 0 Å². The molecule has 0 aliphatic heterocycles. The van der Waals surface area contributed by atoms with Gasteiger partial charge >= 0.3 is 0 Å². The molecule has 0 fully saturated rings. The van der Waals surface area contributed by atoms with Crippen molar-refractivity contribution in [3.8, 4) is 23.0 Å². The lowest BCUT2D eigenvalue weighted by atomic mass is 10.0. The van der Waals surface area contributed by atoms with E-state index in [-0.39, 0.29) is 31.1 Å². The second-order valence-corrected chi connectivity index (χ2v) is 8.40. The first-order valence-electron chi connectivity index (χ1n) is 11.3. The van der Waals surface area contributed by atoms with Crippen molar-refractivity contribution in [2.75, 3.05) is 6.54 Å². The number of carbonyl (C=O) groups excluding carboxylic acids is 1. The van der Waals surface area contributed by atoms with Gasteiger partial charge in [0.05, 0.1) is 28.8 Å². The molecule has 1 amide bonds. The Morgan fingerprint density at radius 2 is 1.89 bits per heavy atom. The minimum atomic E-state index is -0.475. The van der Waals surface area contributed by atoms with Crippen LogP contribution in [0.2, 0.25) is 0 Å². The zero-order valence-electron chi connectivity index (χ0n) is 20.0. The lowest BCUT2D eigenvalue weighted by Crippen LogP contribution is -2.33. The molecule has 0 saturated heterocycles. The first kappa shape index (κ1) is 24.3. The number of non-ortho nitro benzene ring substituents is 1. The van der Waals surface area contributed by atoms with Crippen LogP contribution in [0.4, 0.5) is 5.69 Å². The van der Waals surface area contributed by atoms with Crippen LogP contribution in [0.3, 0.4) is 0 Å². The second kappa shape index (κ2) is 10.6. The fraction of sp³-hybridized carbons (Fsp3) is 0.185. The van der Waals surface area contributed by atoms with Gasteiger partial charge in [-0.05, 0) is 60.9 Å². The topological polar surface area (TPSA) is 118 Å². The highest BCUT2D eigenvalue weighted by atomic mass is 16.6. The van der Waals surface area contributed by atoms with Crippen LogP contribution in [-0.2, 0) is 6.54 Å². The Balaban J connectivity index is 1.80. The van der Waals surface area contributed by atoms with E-state index in [0.29, 0.717) is 17.1 Å². The van der Waals surface area contributed by atoms with Crippen molar-refractivity contribution in [2.45, 2.75) is 26.8 Å². The third-order valence-corrected chi connectivity index (χ3v) is 5.91. The summed E-state index contributed by atoms with van der Waals surface area (Å²) in [5, 5.41) is 25.0. The molecule has 180 valence electrons. The van der Waals surface area contributed by atoms with E-state index in [0.717, 1.165) is 22.3 Å². The lowest BCUT2D eigenvalue weighted by Gasteiger charge is -2.22. The van der Waals surface area contributed by atoms with Crippen LogP contribution >= 0.6 is 0 Å². The Bertz CT molecular complexity index is 1440. The normalized spacial score (nSPS) is 10.6. The number of rotatable bonds is 8. The number of hydrogen-bond acceptors (Lipinski definition) is 6. The summed E-state index contributed by atoms with van der Waals surface area (Å²) >= 11 is 0. The molecule has 2 aromatic carbocycles. The molecule has 2 aromatic heterocycles. The fourth-order valence-electron chi connectivity index (χ4n) is 3.80. The van der Waals surface area contributed by atoms with E-state index in [9.17, 15) is 14.9 Å². The number of amides is 1. The van der Waals surface area contributed by atoms with Crippen LogP contribution in [0.15, 0.2) is 73.1 Å². The molecule has 2 heterocycles. The largest absolute Gasteiger partial charge is 0.332 e. The predicted molar refractivity (Wildman–Crippen MR) is 134 cm³/mol. The molecule has 0 aliphatic rings. The van der Waals surface area contributed by atoms with Crippen LogP contribution in [-0.4, -0.2) is 37.0 Å². The third kappa shape index (κ3) is 5.28. The minimum Gasteiger partial charge on any atom is -0.332 e. The highest BCUT2D eigenvalue weighted by Gasteiger charge is 2.24. The molecule has 0 aliphatic carbocycles. The van der Waals surface area contributed by atoms with E-state index in [1.807, 2.05) is 38.1 Å². The quantitative estimate of drug-likeness (QED) is 0.258. The van der Waals surface area contributed by atoms with Gasteiger partial charge in [-0.1, -0.05) is 18.2 Å². The number of aromatic nitrogens is 3. The number of nitro groups is 1. The lowest BCUT2D eigenvalue weighted by molar-refractivity contribution is -0.384. The number of carbonyl (C=O) groups is 1. The van der Waals surface area contributed by atoms with E-state index in [2.05, 4.69) is 11.1 Å². The van der Waals surface area contributed by atoms with Crippen molar-refractivity contribution in [2.24, 2.45) is 0 Å². The molecule has 0 atom stereocenters. The number of hydrogen-bond donors (Lipinski definition) is 0. The van der Waals surface area contributed by atoms with Crippen molar-refractivity contribution in [1.29, 1.82) is 5.26 Å². The molecule has 0 spiro atoms. The first-order chi connectivity index (χ1) is 17.4. The molecule has 4 rings (SSSR count). The molecule has 0 unspecified atom stereocenters. The Hall–Kier alpha value is -4.84. The maximum atomic E-state index is 13.8. The molecule has 0 N–H and O–H groups in total. The summed E-state index contributed by atoms with van der Waals surface area (Å²) in [7, 11) is 0. The smallest absolute Gasteiger partial charge is 0.272 e. The van der Waals surface area contributed by atoms with Gasteiger partial charge < -0.3 is 4.90 Å². The highest BCUT2D eigenvalue weighted by molar-refractivity contribution is 5.94. The number of aryl methyl sites for hydroxylation is 2. The van der Waals surface area contributed by atoms with Crippen molar-refractivity contribution in [1.82, 2.24) is 19.7 Å². The van der Waals surface area contributed by atoms with Crippen molar-refractivity contribution >= 4 is 11.6 Å². The monoisotopic (exact) mass is 480 g/mol. The molecule has 0 radical (unpaired) electrons. The molecule has 36 heavy (non-hydrogen) atoms. The van der Waals surface area contributed by atoms with E-state index < -0.39 is 4.92 Å². The molecule has 4 aromatic rings. The SMILES string of the molecule is Cc1ccc(-c2cc(C(=O)N(CCC#N)Cc3cccnc3)n(-c3ccc([N+](=O)[O-])cc3)n2)cc1C. The summed E-state index contributed by atoms with van der Waals surface area (Å²) in [6.07, 6.45) is 3.51. The first-order valence-corrected chi connectivity index (χ1v) is 11.3. The van der Waals surface area contributed by atoms with Crippen LogP contribution in [0.25, 0.3) is 16.9 Å². The number of nitro benzene ring substituents is 1. The molecular weight excluding hydrogens is 456 g/mol. The molecule has 0 saturated carbocycles. The summed E-state index contributed by atoms with van der Waals surface area (Å²) in [5.74, 6) is -0.310. The average molecular weight is 481 g/mol. The molecule has 0 bridgehead atoms. The number of nitriles is 1. The maximum Gasteiger partial charge on any atom is 0.272 e. The predicted octanol–water partition coefficient (Wildman–Crippen LogP) is 5.02. The van der Waals surface area contributed by atoms with Gasteiger partial charge in [-0.25, -0.2) is 4.68 Å². The maximum absolute atomic E-state index is 13.8.